The molecular formula is C30H22N4O10. The molecule has 0 bridgehead atoms. The summed E-state index contributed by atoms with van der Waals surface area (Å²) < 4.78 is 20.5. The Labute approximate surface area is 249 Å². The Morgan fingerprint density at radius 2 is 0.977 bits per heavy atom. The minimum Gasteiger partial charge on any atom is -0.497 e. The van der Waals surface area contributed by atoms with Crippen molar-refractivity contribution < 1.29 is 38.4 Å². The van der Waals surface area contributed by atoms with Crippen LogP contribution < -0.4 is 18.9 Å². The molecule has 0 atom stereocenters. The van der Waals surface area contributed by atoms with Crippen LogP contribution >= 0.6 is 0 Å². The molecule has 0 aliphatic heterocycles. The minimum atomic E-state index is -0.794. The number of nitrogens with zero attached hydrogens (tertiary/aromatic N) is 4. The Hall–Kier alpha value is -6.44. The van der Waals surface area contributed by atoms with Crippen LogP contribution in [0.15, 0.2) is 95.1 Å². The standard InChI is InChI=1S/C30H22N4O10/c1-41-23-9-5-21(6-10-23)29(35)43-27-13-3-19(15-25(27)33(37)38)17-31-32-18-20-4-14-28(26(16-20)34(39)40)44-30(36)22-7-11-24(42-2)12-8-22/h3-18H,1-2H3/b31-17-,32-18-. The van der Waals surface area contributed by atoms with Gasteiger partial charge in [0.25, 0.3) is 0 Å². The maximum atomic E-state index is 12.4. The van der Waals surface area contributed by atoms with Gasteiger partial charge < -0.3 is 18.9 Å². The number of nitro groups is 2. The maximum Gasteiger partial charge on any atom is 0.343 e. The molecule has 4 aromatic rings. The largest absolute Gasteiger partial charge is 0.497 e. The normalized spacial score (nSPS) is 10.9. The predicted molar refractivity (Wildman–Crippen MR) is 157 cm³/mol. The smallest absolute Gasteiger partial charge is 0.343 e. The quantitative estimate of drug-likeness (QED) is 0.0711. The number of carbonyl (C=O) groups is 2. The van der Waals surface area contributed by atoms with Crippen molar-refractivity contribution in [3.8, 4) is 23.0 Å². The lowest BCUT2D eigenvalue weighted by Gasteiger charge is -2.06. The van der Waals surface area contributed by atoms with Crippen LogP contribution in [0.3, 0.4) is 0 Å². The lowest BCUT2D eigenvalue weighted by atomic mass is 10.2. The summed E-state index contributed by atoms with van der Waals surface area (Å²) in [5.74, 6) is -1.07. The molecule has 4 rings (SSSR count). The van der Waals surface area contributed by atoms with Crippen LogP contribution in [0.4, 0.5) is 11.4 Å². The molecule has 4 aromatic carbocycles. The van der Waals surface area contributed by atoms with E-state index in [9.17, 15) is 29.8 Å². The van der Waals surface area contributed by atoms with E-state index in [1.165, 1.54) is 75.2 Å². The van der Waals surface area contributed by atoms with Crippen LogP contribution in [0, 0.1) is 20.2 Å². The second-order valence-electron chi connectivity index (χ2n) is 8.69. The number of carbonyl (C=O) groups excluding carboxylic acids is 2. The molecule has 0 saturated carbocycles. The zero-order valence-electron chi connectivity index (χ0n) is 23.1. The predicted octanol–water partition coefficient (Wildman–Crippen LogP) is 5.41. The maximum absolute atomic E-state index is 12.4. The summed E-state index contributed by atoms with van der Waals surface area (Å²) in [6.45, 7) is 0. The Balaban J connectivity index is 1.45. The Morgan fingerprint density at radius 1 is 0.614 bits per heavy atom. The van der Waals surface area contributed by atoms with Gasteiger partial charge in [0.1, 0.15) is 11.5 Å². The van der Waals surface area contributed by atoms with E-state index in [0.29, 0.717) is 11.5 Å². The number of hydrogen-bond donors (Lipinski definition) is 0. The third kappa shape index (κ3) is 7.64. The minimum absolute atomic E-state index is 0.170. The van der Waals surface area contributed by atoms with Gasteiger partial charge in [-0.05, 0) is 72.8 Å². The van der Waals surface area contributed by atoms with Crippen molar-refractivity contribution >= 4 is 35.7 Å². The van der Waals surface area contributed by atoms with Crippen molar-refractivity contribution in [2.75, 3.05) is 14.2 Å². The van der Waals surface area contributed by atoms with Crippen LogP contribution in [-0.2, 0) is 0 Å². The second-order valence-corrected chi connectivity index (χ2v) is 8.69. The molecule has 14 nitrogen and oxygen atoms in total. The SMILES string of the molecule is COc1ccc(C(=O)Oc2ccc(/C=N\N=C/c3ccc(OC(=O)c4ccc(OC)cc4)c([N+](=O)[O-])c3)cc2[N+](=O)[O-])cc1. The second kappa shape index (κ2) is 14.0. The molecule has 0 N–H and O–H groups in total. The zero-order chi connectivity index (χ0) is 31.6. The summed E-state index contributed by atoms with van der Waals surface area (Å²) >= 11 is 0. The molecule has 0 aliphatic rings. The van der Waals surface area contributed by atoms with Gasteiger partial charge in [0.05, 0.1) is 47.6 Å². The fourth-order valence-corrected chi connectivity index (χ4v) is 3.66. The first-order valence-electron chi connectivity index (χ1n) is 12.5. The first-order valence-corrected chi connectivity index (χ1v) is 12.5. The first kappa shape index (κ1) is 30.5. The molecule has 44 heavy (non-hydrogen) atoms. The Morgan fingerprint density at radius 3 is 1.30 bits per heavy atom. The van der Waals surface area contributed by atoms with Crippen molar-refractivity contribution in [3.63, 3.8) is 0 Å². The molecule has 0 unspecified atom stereocenters. The summed E-state index contributed by atoms with van der Waals surface area (Å²) in [5.41, 5.74) is -0.0763. The molecule has 0 heterocycles. The summed E-state index contributed by atoms with van der Waals surface area (Å²) in [6.07, 6.45) is 2.41. The number of methoxy groups -OCH3 is 2. The van der Waals surface area contributed by atoms with Crippen LogP contribution in [0.25, 0.3) is 0 Å². The average Bonchev–Trinajstić information content (AvgIpc) is 3.04. The molecule has 0 amide bonds. The van der Waals surface area contributed by atoms with Crippen molar-refractivity contribution in [2.45, 2.75) is 0 Å². The highest BCUT2D eigenvalue weighted by molar-refractivity contribution is 5.93. The van der Waals surface area contributed by atoms with Crippen molar-refractivity contribution in [1.29, 1.82) is 0 Å². The van der Waals surface area contributed by atoms with E-state index < -0.39 is 33.2 Å². The van der Waals surface area contributed by atoms with Crippen molar-refractivity contribution in [1.82, 2.24) is 0 Å². The molecular weight excluding hydrogens is 576 g/mol. The van der Waals surface area contributed by atoms with Gasteiger partial charge in [0.2, 0.25) is 11.5 Å². The van der Waals surface area contributed by atoms with E-state index in [2.05, 4.69) is 10.2 Å². The van der Waals surface area contributed by atoms with Crippen molar-refractivity contribution in [3.05, 3.63) is 127 Å². The van der Waals surface area contributed by atoms with E-state index in [0.717, 1.165) is 12.1 Å². The van der Waals surface area contributed by atoms with Gasteiger partial charge in [-0.2, -0.15) is 10.2 Å². The van der Waals surface area contributed by atoms with Gasteiger partial charge >= 0.3 is 23.3 Å². The third-order valence-electron chi connectivity index (χ3n) is 5.90. The van der Waals surface area contributed by atoms with Gasteiger partial charge in [-0.1, -0.05) is 0 Å². The Kier molecular flexibility index (Phi) is 9.68. The number of rotatable bonds is 11. The number of ether oxygens (including phenoxy) is 4. The fourth-order valence-electron chi connectivity index (χ4n) is 3.66. The van der Waals surface area contributed by atoms with Crippen molar-refractivity contribution in [2.24, 2.45) is 10.2 Å². The van der Waals surface area contributed by atoms with Gasteiger partial charge in [0, 0.05) is 23.3 Å². The molecule has 0 saturated heterocycles. The highest BCUT2D eigenvalue weighted by Crippen LogP contribution is 2.30. The lowest BCUT2D eigenvalue weighted by molar-refractivity contribution is -0.385. The summed E-state index contributed by atoms with van der Waals surface area (Å²) in [4.78, 5) is 46.7. The van der Waals surface area contributed by atoms with Gasteiger partial charge in [0.15, 0.2) is 0 Å². The highest BCUT2D eigenvalue weighted by Gasteiger charge is 2.21. The number of hydrogen-bond acceptors (Lipinski definition) is 12. The monoisotopic (exact) mass is 598 g/mol. The first-order chi connectivity index (χ1) is 21.2. The number of nitro benzene ring substituents is 2. The lowest BCUT2D eigenvalue weighted by Crippen LogP contribution is -2.10. The number of benzene rings is 4. The number of esters is 2. The molecule has 0 radical (unpaired) electrons. The summed E-state index contributed by atoms with van der Waals surface area (Å²) in [6, 6.07) is 19.7. The molecule has 0 fully saturated rings. The van der Waals surface area contributed by atoms with Crippen LogP contribution in [-0.4, -0.2) is 48.4 Å². The van der Waals surface area contributed by atoms with Crippen LogP contribution in [0.1, 0.15) is 31.8 Å². The van der Waals surface area contributed by atoms with E-state index in [1.54, 1.807) is 24.3 Å². The van der Waals surface area contributed by atoms with Crippen LogP contribution in [0.5, 0.6) is 23.0 Å². The zero-order valence-corrected chi connectivity index (χ0v) is 23.1. The van der Waals surface area contributed by atoms with Gasteiger partial charge in [-0.25, -0.2) is 9.59 Å². The van der Waals surface area contributed by atoms with E-state index >= 15 is 0 Å². The topological polar surface area (TPSA) is 182 Å². The van der Waals surface area contributed by atoms with E-state index in [1.807, 2.05) is 0 Å². The van der Waals surface area contributed by atoms with E-state index in [4.69, 9.17) is 18.9 Å². The summed E-state index contributed by atoms with van der Waals surface area (Å²) in [7, 11) is 2.95. The molecule has 14 heteroatoms. The van der Waals surface area contributed by atoms with Gasteiger partial charge in [-0.3, -0.25) is 20.2 Å². The van der Waals surface area contributed by atoms with E-state index in [-0.39, 0.29) is 33.8 Å². The molecule has 0 aliphatic carbocycles. The Bertz CT molecular complexity index is 1640. The van der Waals surface area contributed by atoms with Gasteiger partial charge in [-0.15, -0.1) is 0 Å². The fraction of sp³-hybridized carbons (Fsp3) is 0.0667. The average molecular weight is 599 g/mol. The highest BCUT2D eigenvalue weighted by atomic mass is 16.6. The molecule has 0 spiro atoms. The molecule has 0 aromatic heterocycles. The molecule has 222 valence electrons. The summed E-state index contributed by atoms with van der Waals surface area (Å²) in [5, 5.41) is 30.9. The third-order valence-corrected chi connectivity index (χ3v) is 5.90. The van der Waals surface area contributed by atoms with Crippen LogP contribution in [0.2, 0.25) is 0 Å².